The van der Waals surface area contributed by atoms with Crippen LogP contribution >= 0.6 is 0 Å². The molecule has 0 atom stereocenters. The van der Waals surface area contributed by atoms with E-state index in [2.05, 4.69) is 4.98 Å². The van der Waals surface area contributed by atoms with Crippen molar-refractivity contribution < 1.29 is 9.53 Å². The lowest BCUT2D eigenvalue weighted by molar-refractivity contribution is 0.100. The minimum Gasteiger partial charge on any atom is -0.494 e. The Morgan fingerprint density at radius 2 is 1.94 bits per heavy atom. The molecule has 0 radical (unpaired) electrons. The standard InChI is InChI=1S/C14H14N2O2/c1-9-7-8-12(18-2)13(16-9)10-5-3-4-6-11(10)14(15)17/h3-8H,1-2H3,(H2,15,17). The van der Waals surface area contributed by atoms with E-state index in [4.69, 9.17) is 10.5 Å². The van der Waals surface area contributed by atoms with Crippen LogP contribution in [0.4, 0.5) is 0 Å². The number of rotatable bonds is 3. The Balaban J connectivity index is 2.68. The Labute approximate surface area is 105 Å². The van der Waals surface area contributed by atoms with E-state index in [0.29, 0.717) is 22.6 Å². The topological polar surface area (TPSA) is 65.2 Å². The van der Waals surface area contributed by atoms with Crippen molar-refractivity contribution in [3.05, 3.63) is 47.7 Å². The highest BCUT2D eigenvalue weighted by molar-refractivity contribution is 5.99. The molecule has 92 valence electrons. The Morgan fingerprint density at radius 3 is 2.61 bits per heavy atom. The monoisotopic (exact) mass is 242 g/mol. The van der Waals surface area contributed by atoms with Crippen LogP contribution in [0.5, 0.6) is 5.75 Å². The second kappa shape index (κ2) is 4.87. The van der Waals surface area contributed by atoms with Gasteiger partial charge in [-0.15, -0.1) is 0 Å². The molecule has 4 heteroatoms. The van der Waals surface area contributed by atoms with Gasteiger partial charge in [-0.1, -0.05) is 18.2 Å². The summed E-state index contributed by atoms with van der Waals surface area (Å²) in [6.45, 7) is 1.88. The zero-order valence-electron chi connectivity index (χ0n) is 10.3. The van der Waals surface area contributed by atoms with Crippen LogP contribution in [-0.4, -0.2) is 18.0 Å². The number of primary amides is 1. The van der Waals surface area contributed by atoms with E-state index >= 15 is 0 Å². The van der Waals surface area contributed by atoms with E-state index in [-0.39, 0.29) is 0 Å². The van der Waals surface area contributed by atoms with Crippen molar-refractivity contribution >= 4 is 5.91 Å². The van der Waals surface area contributed by atoms with E-state index in [1.54, 1.807) is 19.2 Å². The fourth-order valence-electron chi connectivity index (χ4n) is 1.81. The zero-order valence-corrected chi connectivity index (χ0v) is 10.3. The van der Waals surface area contributed by atoms with Crippen LogP contribution in [0.1, 0.15) is 16.1 Å². The number of benzene rings is 1. The number of nitrogens with zero attached hydrogens (tertiary/aromatic N) is 1. The van der Waals surface area contributed by atoms with Gasteiger partial charge in [-0.3, -0.25) is 4.79 Å². The van der Waals surface area contributed by atoms with Gasteiger partial charge in [0.15, 0.2) is 0 Å². The molecule has 0 saturated heterocycles. The van der Waals surface area contributed by atoms with Crippen molar-refractivity contribution in [1.29, 1.82) is 0 Å². The van der Waals surface area contributed by atoms with Gasteiger partial charge >= 0.3 is 0 Å². The summed E-state index contributed by atoms with van der Waals surface area (Å²) in [7, 11) is 1.57. The molecule has 0 spiro atoms. The molecule has 1 aromatic heterocycles. The lowest BCUT2D eigenvalue weighted by Crippen LogP contribution is -2.12. The van der Waals surface area contributed by atoms with Gasteiger partial charge in [0.2, 0.25) is 5.91 Å². The molecule has 2 aromatic rings. The third-order valence-corrected chi connectivity index (χ3v) is 2.67. The van der Waals surface area contributed by atoms with Gasteiger partial charge in [-0.25, -0.2) is 4.98 Å². The van der Waals surface area contributed by atoms with Crippen LogP contribution in [0.2, 0.25) is 0 Å². The molecule has 0 aliphatic rings. The summed E-state index contributed by atoms with van der Waals surface area (Å²) >= 11 is 0. The maximum atomic E-state index is 11.4. The molecule has 2 rings (SSSR count). The summed E-state index contributed by atoms with van der Waals surface area (Å²) in [5.74, 6) is 0.144. The first-order valence-corrected chi connectivity index (χ1v) is 5.54. The molecule has 0 saturated carbocycles. The number of ether oxygens (including phenoxy) is 1. The fraction of sp³-hybridized carbons (Fsp3) is 0.143. The van der Waals surface area contributed by atoms with Crippen molar-refractivity contribution in [2.24, 2.45) is 5.73 Å². The highest BCUT2D eigenvalue weighted by Gasteiger charge is 2.14. The molecule has 0 aliphatic carbocycles. The summed E-state index contributed by atoms with van der Waals surface area (Å²) in [5.41, 5.74) is 7.98. The number of pyridine rings is 1. The summed E-state index contributed by atoms with van der Waals surface area (Å²) in [6.07, 6.45) is 0. The molecule has 1 amide bonds. The maximum Gasteiger partial charge on any atom is 0.249 e. The molecule has 4 nitrogen and oxygen atoms in total. The number of hydrogen-bond donors (Lipinski definition) is 1. The first kappa shape index (κ1) is 12.1. The molecule has 18 heavy (non-hydrogen) atoms. The van der Waals surface area contributed by atoms with Gasteiger partial charge in [-0.2, -0.15) is 0 Å². The van der Waals surface area contributed by atoms with E-state index in [9.17, 15) is 4.79 Å². The molecule has 1 aromatic carbocycles. The van der Waals surface area contributed by atoms with Crippen molar-refractivity contribution in [1.82, 2.24) is 4.98 Å². The Bertz CT molecular complexity index is 594. The summed E-state index contributed by atoms with van der Waals surface area (Å²) in [6, 6.07) is 10.8. The molecule has 0 unspecified atom stereocenters. The zero-order chi connectivity index (χ0) is 13.1. The lowest BCUT2D eigenvalue weighted by Gasteiger charge is -2.11. The number of nitrogens with two attached hydrogens (primary N) is 1. The van der Waals surface area contributed by atoms with Gasteiger partial charge in [0.25, 0.3) is 0 Å². The molecule has 0 fully saturated rings. The molecule has 2 N–H and O–H groups in total. The van der Waals surface area contributed by atoms with Crippen molar-refractivity contribution in [2.75, 3.05) is 7.11 Å². The third-order valence-electron chi connectivity index (χ3n) is 2.67. The van der Waals surface area contributed by atoms with Crippen LogP contribution in [0.25, 0.3) is 11.3 Å². The SMILES string of the molecule is COc1ccc(C)nc1-c1ccccc1C(N)=O. The number of carbonyl (C=O) groups excluding carboxylic acids is 1. The van der Waals surface area contributed by atoms with E-state index in [1.165, 1.54) is 0 Å². The van der Waals surface area contributed by atoms with E-state index < -0.39 is 5.91 Å². The average molecular weight is 242 g/mol. The van der Waals surface area contributed by atoms with Gasteiger partial charge in [0, 0.05) is 16.8 Å². The minimum atomic E-state index is -0.476. The summed E-state index contributed by atoms with van der Waals surface area (Å²) in [4.78, 5) is 15.9. The van der Waals surface area contributed by atoms with E-state index in [0.717, 1.165) is 5.69 Å². The lowest BCUT2D eigenvalue weighted by atomic mass is 10.0. The number of aryl methyl sites for hydroxylation is 1. The molecule has 0 bridgehead atoms. The second-order valence-corrected chi connectivity index (χ2v) is 3.91. The largest absolute Gasteiger partial charge is 0.494 e. The summed E-state index contributed by atoms with van der Waals surface area (Å²) in [5, 5.41) is 0. The Kier molecular flexibility index (Phi) is 3.28. The van der Waals surface area contributed by atoms with Crippen LogP contribution in [0, 0.1) is 6.92 Å². The fourth-order valence-corrected chi connectivity index (χ4v) is 1.81. The highest BCUT2D eigenvalue weighted by Crippen LogP contribution is 2.30. The van der Waals surface area contributed by atoms with Crippen molar-refractivity contribution in [3.8, 4) is 17.0 Å². The predicted octanol–water partition coefficient (Wildman–Crippen LogP) is 2.16. The van der Waals surface area contributed by atoms with Gasteiger partial charge < -0.3 is 10.5 Å². The van der Waals surface area contributed by atoms with Gasteiger partial charge in [0.05, 0.1) is 7.11 Å². The maximum absolute atomic E-state index is 11.4. The van der Waals surface area contributed by atoms with Crippen LogP contribution < -0.4 is 10.5 Å². The Hall–Kier alpha value is -2.36. The van der Waals surface area contributed by atoms with Gasteiger partial charge in [-0.05, 0) is 25.1 Å². The number of carbonyl (C=O) groups is 1. The first-order valence-electron chi connectivity index (χ1n) is 5.54. The summed E-state index contributed by atoms with van der Waals surface area (Å²) < 4.78 is 5.27. The van der Waals surface area contributed by atoms with Gasteiger partial charge in [0.1, 0.15) is 11.4 Å². The molecule has 1 heterocycles. The highest BCUT2D eigenvalue weighted by atomic mass is 16.5. The average Bonchev–Trinajstić information content (AvgIpc) is 2.38. The minimum absolute atomic E-state index is 0.439. The Morgan fingerprint density at radius 1 is 1.22 bits per heavy atom. The number of methoxy groups -OCH3 is 1. The second-order valence-electron chi connectivity index (χ2n) is 3.91. The number of amides is 1. The molecule has 0 aliphatic heterocycles. The van der Waals surface area contributed by atoms with Crippen molar-refractivity contribution in [3.63, 3.8) is 0 Å². The normalized spacial score (nSPS) is 10.1. The van der Waals surface area contributed by atoms with E-state index in [1.807, 2.05) is 31.2 Å². The van der Waals surface area contributed by atoms with Crippen LogP contribution in [-0.2, 0) is 0 Å². The number of hydrogen-bond acceptors (Lipinski definition) is 3. The molecular formula is C14H14N2O2. The van der Waals surface area contributed by atoms with Crippen LogP contribution in [0.15, 0.2) is 36.4 Å². The van der Waals surface area contributed by atoms with Crippen LogP contribution in [0.3, 0.4) is 0 Å². The molecular weight excluding hydrogens is 228 g/mol. The van der Waals surface area contributed by atoms with Crippen molar-refractivity contribution in [2.45, 2.75) is 6.92 Å². The third kappa shape index (κ3) is 2.18. The first-order chi connectivity index (χ1) is 8.63. The predicted molar refractivity (Wildman–Crippen MR) is 69.5 cm³/mol. The smallest absolute Gasteiger partial charge is 0.249 e. The quantitative estimate of drug-likeness (QED) is 0.897. The number of aromatic nitrogens is 1.